The van der Waals surface area contributed by atoms with Gasteiger partial charge >= 0.3 is 0 Å². The summed E-state index contributed by atoms with van der Waals surface area (Å²) in [4.78, 5) is 18.8. The Balaban J connectivity index is 1.48. The van der Waals surface area contributed by atoms with Crippen LogP contribution in [0.5, 0.6) is 0 Å². The number of hydrogen-bond donors (Lipinski definition) is 0. The van der Waals surface area contributed by atoms with Crippen LogP contribution in [0.1, 0.15) is 28.2 Å². The van der Waals surface area contributed by atoms with Crippen LogP contribution in [-0.2, 0) is 6.42 Å². The summed E-state index contributed by atoms with van der Waals surface area (Å²) in [5.41, 5.74) is 2.73. The molecule has 24 heavy (non-hydrogen) atoms. The number of carbonyl (C=O) groups excluding carboxylic acids is 1. The number of benzene rings is 1. The van der Waals surface area contributed by atoms with Gasteiger partial charge < -0.3 is 9.42 Å². The van der Waals surface area contributed by atoms with Crippen LogP contribution >= 0.6 is 0 Å². The van der Waals surface area contributed by atoms with Crippen molar-refractivity contribution in [1.82, 2.24) is 15.0 Å². The van der Waals surface area contributed by atoms with E-state index in [1.807, 2.05) is 29.3 Å². The number of aryl methyl sites for hydroxylation is 1. The number of amides is 1. The van der Waals surface area contributed by atoms with Crippen molar-refractivity contribution in [3.05, 3.63) is 59.6 Å². The van der Waals surface area contributed by atoms with Crippen LogP contribution < -0.4 is 0 Å². The largest absolute Gasteiger partial charge is 0.361 e. The Morgan fingerprint density at radius 2 is 2.21 bits per heavy atom. The molecule has 3 aromatic rings. The lowest BCUT2D eigenvalue weighted by atomic mass is 9.96. The molecule has 122 valence electrons. The first-order chi connectivity index (χ1) is 11.7. The number of nitrogens with zero attached hydrogens (tertiary/aromatic N) is 3. The van der Waals surface area contributed by atoms with Crippen LogP contribution in [0.15, 0.2) is 47.1 Å². The normalized spacial score (nSPS) is 17.5. The molecular weight excluding hydrogens is 302 g/mol. The van der Waals surface area contributed by atoms with E-state index in [4.69, 9.17) is 4.52 Å². The summed E-state index contributed by atoms with van der Waals surface area (Å²) in [7, 11) is 0. The molecule has 5 heteroatoms. The van der Waals surface area contributed by atoms with Crippen LogP contribution in [0.4, 0.5) is 0 Å². The number of rotatable bonds is 3. The highest BCUT2D eigenvalue weighted by Gasteiger charge is 2.28. The number of pyridine rings is 1. The van der Waals surface area contributed by atoms with E-state index in [2.05, 4.69) is 22.3 Å². The fraction of sp³-hybridized carbons (Fsp3) is 0.316. The third kappa shape index (κ3) is 2.77. The van der Waals surface area contributed by atoms with Crippen molar-refractivity contribution in [2.24, 2.45) is 5.92 Å². The number of likely N-dealkylation sites (tertiary alicyclic amines) is 1. The van der Waals surface area contributed by atoms with Gasteiger partial charge in [-0.3, -0.25) is 9.78 Å². The Morgan fingerprint density at radius 3 is 3.04 bits per heavy atom. The van der Waals surface area contributed by atoms with Gasteiger partial charge in [-0.1, -0.05) is 23.4 Å². The topological polar surface area (TPSA) is 59.2 Å². The molecular formula is C19H19N3O2. The number of aromatic nitrogens is 2. The van der Waals surface area contributed by atoms with Crippen molar-refractivity contribution in [2.45, 2.75) is 19.8 Å². The first-order valence-electron chi connectivity index (χ1n) is 8.26. The summed E-state index contributed by atoms with van der Waals surface area (Å²) < 4.78 is 5.01. The second kappa shape index (κ2) is 6.07. The Hall–Kier alpha value is -2.69. The lowest BCUT2D eigenvalue weighted by Gasteiger charge is -2.15. The van der Waals surface area contributed by atoms with Crippen molar-refractivity contribution >= 4 is 16.8 Å². The predicted molar refractivity (Wildman–Crippen MR) is 90.7 cm³/mol. The van der Waals surface area contributed by atoms with Crippen molar-refractivity contribution in [3.63, 3.8) is 0 Å². The highest BCUT2D eigenvalue weighted by atomic mass is 16.5. The second-order valence-corrected chi connectivity index (χ2v) is 6.42. The molecule has 1 atom stereocenters. The number of para-hydroxylation sites is 1. The van der Waals surface area contributed by atoms with Gasteiger partial charge in [-0.2, -0.15) is 0 Å². The Bertz CT molecular complexity index is 882. The van der Waals surface area contributed by atoms with E-state index in [9.17, 15) is 4.79 Å². The van der Waals surface area contributed by atoms with Gasteiger partial charge in [0.2, 0.25) is 0 Å². The minimum absolute atomic E-state index is 0.0334. The fourth-order valence-electron chi connectivity index (χ4n) is 3.46. The molecule has 1 unspecified atom stereocenters. The van der Waals surface area contributed by atoms with Gasteiger partial charge in [0.05, 0.1) is 5.52 Å². The zero-order chi connectivity index (χ0) is 16.5. The van der Waals surface area contributed by atoms with Gasteiger partial charge in [-0.25, -0.2) is 0 Å². The van der Waals surface area contributed by atoms with Gasteiger partial charge in [0.15, 0.2) is 5.69 Å². The van der Waals surface area contributed by atoms with E-state index in [1.165, 1.54) is 10.9 Å². The molecule has 1 aliphatic heterocycles. The molecule has 0 bridgehead atoms. The monoisotopic (exact) mass is 321 g/mol. The Labute approximate surface area is 140 Å². The van der Waals surface area contributed by atoms with Crippen LogP contribution in [0.25, 0.3) is 10.9 Å². The van der Waals surface area contributed by atoms with Gasteiger partial charge in [0.25, 0.3) is 5.91 Å². The molecule has 0 spiro atoms. The zero-order valence-corrected chi connectivity index (χ0v) is 13.6. The van der Waals surface area contributed by atoms with E-state index < -0.39 is 0 Å². The minimum atomic E-state index is -0.0334. The summed E-state index contributed by atoms with van der Waals surface area (Å²) in [5.74, 6) is 1.10. The maximum atomic E-state index is 12.5. The van der Waals surface area contributed by atoms with Crippen LogP contribution in [0.3, 0.4) is 0 Å². The molecule has 2 aromatic heterocycles. The van der Waals surface area contributed by atoms with Crippen molar-refractivity contribution in [2.75, 3.05) is 13.1 Å². The average molecular weight is 321 g/mol. The van der Waals surface area contributed by atoms with E-state index in [1.54, 1.807) is 13.0 Å². The quantitative estimate of drug-likeness (QED) is 0.743. The van der Waals surface area contributed by atoms with Crippen LogP contribution in [0, 0.1) is 12.8 Å². The number of hydrogen-bond acceptors (Lipinski definition) is 4. The van der Waals surface area contributed by atoms with Gasteiger partial charge in [-0.05, 0) is 43.4 Å². The van der Waals surface area contributed by atoms with Gasteiger partial charge in [0, 0.05) is 30.7 Å². The van der Waals surface area contributed by atoms with Crippen LogP contribution in [0.2, 0.25) is 0 Å². The van der Waals surface area contributed by atoms with E-state index in [-0.39, 0.29) is 5.91 Å². The molecule has 1 aromatic carbocycles. The van der Waals surface area contributed by atoms with Crippen molar-refractivity contribution in [1.29, 1.82) is 0 Å². The summed E-state index contributed by atoms with van der Waals surface area (Å²) in [6, 6.07) is 12.0. The summed E-state index contributed by atoms with van der Waals surface area (Å²) in [5, 5.41) is 5.04. The summed E-state index contributed by atoms with van der Waals surface area (Å²) in [6.07, 6.45) is 3.84. The van der Waals surface area contributed by atoms with E-state index >= 15 is 0 Å². The van der Waals surface area contributed by atoms with Crippen LogP contribution in [-0.4, -0.2) is 34.0 Å². The van der Waals surface area contributed by atoms with Gasteiger partial charge in [-0.15, -0.1) is 0 Å². The third-order valence-corrected chi connectivity index (χ3v) is 4.67. The highest BCUT2D eigenvalue weighted by Crippen LogP contribution is 2.25. The summed E-state index contributed by atoms with van der Waals surface area (Å²) in [6.45, 7) is 3.34. The average Bonchev–Trinajstić information content (AvgIpc) is 3.24. The third-order valence-electron chi connectivity index (χ3n) is 4.67. The van der Waals surface area contributed by atoms with Gasteiger partial charge in [0.1, 0.15) is 5.76 Å². The maximum absolute atomic E-state index is 12.5. The fourth-order valence-corrected chi connectivity index (χ4v) is 3.46. The Morgan fingerprint density at radius 1 is 1.33 bits per heavy atom. The molecule has 1 fully saturated rings. The molecule has 0 aliphatic carbocycles. The first kappa shape index (κ1) is 14.9. The van der Waals surface area contributed by atoms with E-state index in [0.29, 0.717) is 17.4 Å². The zero-order valence-electron chi connectivity index (χ0n) is 13.6. The highest BCUT2D eigenvalue weighted by molar-refractivity contribution is 5.92. The molecule has 0 radical (unpaired) electrons. The summed E-state index contributed by atoms with van der Waals surface area (Å²) >= 11 is 0. The molecule has 1 amide bonds. The smallest absolute Gasteiger partial charge is 0.276 e. The Kier molecular flexibility index (Phi) is 3.76. The van der Waals surface area contributed by atoms with Crippen molar-refractivity contribution < 1.29 is 9.32 Å². The number of fused-ring (bicyclic) bond motifs is 1. The second-order valence-electron chi connectivity index (χ2n) is 6.42. The molecule has 0 saturated carbocycles. The van der Waals surface area contributed by atoms with Crippen molar-refractivity contribution in [3.8, 4) is 0 Å². The molecule has 3 heterocycles. The molecule has 1 saturated heterocycles. The minimum Gasteiger partial charge on any atom is -0.361 e. The lowest BCUT2D eigenvalue weighted by Crippen LogP contribution is -2.29. The SMILES string of the molecule is Cc1cc(C(=O)N2CCC(Cc3ccnc4ccccc34)C2)no1. The maximum Gasteiger partial charge on any atom is 0.276 e. The predicted octanol–water partition coefficient (Wildman–Crippen LogP) is 3.24. The molecule has 1 aliphatic rings. The first-order valence-corrected chi connectivity index (χ1v) is 8.26. The standard InChI is InChI=1S/C19H19N3O2/c1-13-10-18(21-24-13)19(23)22-9-7-14(12-22)11-15-6-8-20-17-5-3-2-4-16(15)17/h2-6,8,10,14H,7,9,11-12H2,1H3. The molecule has 4 rings (SSSR count). The lowest BCUT2D eigenvalue weighted by molar-refractivity contribution is 0.0776. The van der Waals surface area contributed by atoms with E-state index in [0.717, 1.165) is 31.4 Å². The molecule has 5 nitrogen and oxygen atoms in total. The number of carbonyl (C=O) groups is 1. The molecule has 0 N–H and O–H groups in total.